The van der Waals surface area contributed by atoms with Gasteiger partial charge in [0, 0.05) is 6.54 Å². The fourth-order valence-electron chi connectivity index (χ4n) is 3.32. The van der Waals surface area contributed by atoms with Gasteiger partial charge in [-0.15, -0.1) is 0 Å². The van der Waals surface area contributed by atoms with Gasteiger partial charge in [-0.05, 0) is 60.4 Å². The molecule has 1 atom stereocenters. The van der Waals surface area contributed by atoms with Crippen molar-refractivity contribution in [3.8, 4) is 5.75 Å². The Balaban J connectivity index is 1.82. The molecule has 1 aliphatic rings. The minimum atomic E-state index is -3.61. The number of methoxy groups -OCH3 is 1. The molecule has 0 bridgehead atoms. The van der Waals surface area contributed by atoms with Crippen LogP contribution >= 0.6 is 0 Å². The number of nitrogens with one attached hydrogen (secondary N) is 1. The van der Waals surface area contributed by atoms with E-state index in [2.05, 4.69) is 4.72 Å². The second-order valence-corrected chi connectivity index (χ2v) is 8.38. The van der Waals surface area contributed by atoms with Crippen molar-refractivity contribution < 1.29 is 13.2 Å². The molecule has 1 N–H and O–H groups in total. The van der Waals surface area contributed by atoms with Crippen LogP contribution in [0.25, 0.3) is 0 Å². The van der Waals surface area contributed by atoms with Crippen molar-refractivity contribution in [3.63, 3.8) is 0 Å². The van der Waals surface area contributed by atoms with Crippen molar-refractivity contribution in [2.75, 3.05) is 13.7 Å². The van der Waals surface area contributed by atoms with E-state index >= 15 is 0 Å². The van der Waals surface area contributed by atoms with E-state index in [4.69, 9.17) is 4.74 Å². The molecule has 0 spiro atoms. The molecule has 0 saturated heterocycles. The number of rotatable bonds is 6. The molecule has 0 radical (unpaired) electrons. The first-order chi connectivity index (χ1) is 12.0. The van der Waals surface area contributed by atoms with E-state index in [0.29, 0.717) is 12.3 Å². The highest BCUT2D eigenvalue weighted by Crippen LogP contribution is 2.32. The van der Waals surface area contributed by atoms with Crippen molar-refractivity contribution in [1.82, 2.24) is 4.72 Å². The quantitative estimate of drug-likeness (QED) is 0.856. The third-order valence-electron chi connectivity index (χ3n) is 4.87. The maximum absolute atomic E-state index is 12.8. The lowest BCUT2D eigenvalue weighted by atomic mass is 9.92. The van der Waals surface area contributed by atoms with Crippen LogP contribution in [0.4, 0.5) is 0 Å². The van der Waals surface area contributed by atoms with Gasteiger partial charge in [0.1, 0.15) is 10.6 Å². The van der Waals surface area contributed by atoms with Crippen LogP contribution in [0.15, 0.2) is 47.4 Å². The van der Waals surface area contributed by atoms with Crippen molar-refractivity contribution in [1.29, 1.82) is 0 Å². The number of fused-ring (bicyclic) bond motifs is 1. The third kappa shape index (κ3) is 4.05. The molecule has 0 heterocycles. The standard InChI is InChI=1S/C20H25NO3S/c1-15(16-8-4-3-5-9-16)14-21-25(22,23)20-13-18-11-7-6-10-17(18)12-19(20)24-2/h3-5,8-9,12-13,15,21H,6-7,10-11,14H2,1-2H3. The zero-order chi connectivity index (χ0) is 17.9. The van der Waals surface area contributed by atoms with Crippen molar-refractivity contribution in [2.24, 2.45) is 0 Å². The van der Waals surface area contributed by atoms with Crippen LogP contribution < -0.4 is 9.46 Å². The normalized spacial score (nSPS) is 15.4. The van der Waals surface area contributed by atoms with Gasteiger partial charge in [0.05, 0.1) is 7.11 Å². The average Bonchev–Trinajstić information content (AvgIpc) is 2.65. The average molecular weight is 359 g/mol. The van der Waals surface area contributed by atoms with Crippen LogP contribution in [-0.2, 0) is 22.9 Å². The minimum Gasteiger partial charge on any atom is -0.495 e. The Morgan fingerprint density at radius 2 is 1.72 bits per heavy atom. The Bertz CT molecular complexity index is 832. The summed E-state index contributed by atoms with van der Waals surface area (Å²) in [5.74, 6) is 0.528. The predicted molar refractivity (Wildman–Crippen MR) is 99.7 cm³/mol. The van der Waals surface area contributed by atoms with E-state index in [-0.39, 0.29) is 10.8 Å². The zero-order valence-electron chi connectivity index (χ0n) is 14.8. The largest absolute Gasteiger partial charge is 0.495 e. The molecule has 2 aromatic rings. The molecule has 1 unspecified atom stereocenters. The Kier molecular flexibility index (Phi) is 5.45. The number of sulfonamides is 1. The zero-order valence-corrected chi connectivity index (χ0v) is 15.6. The monoisotopic (exact) mass is 359 g/mol. The number of ether oxygens (including phenoxy) is 1. The summed E-state index contributed by atoms with van der Waals surface area (Å²) < 4.78 is 33.8. The van der Waals surface area contributed by atoms with Crippen molar-refractivity contribution in [3.05, 3.63) is 59.2 Å². The van der Waals surface area contributed by atoms with Crippen LogP contribution in [-0.4, -0.2) is 22.1 Å². The van der Waals surface area contributed by atoms with Crippen molar-refractivity contribution >= 4 is 10.0 Å². The third-order valence-corrected chi connectivity index (χ3v) is 6.31. The molecule has 0 saturated carbocycles. The molecule has 3 rings (SSSR count). The van der Waals surface area contributed by atoms with Gasteiger partial charge in [-0.1, -0.05) is 37.3 Å². The molecule has 4 nitrogen and oxygen atoms in total. The molecule has 0 fully saturated rings. The summed E-state index contributed by atoms with van der Waals surface area (Å²) in [7, 11) is -2.09. The lowest BCUT2D eigenvalue weighted by molar-refractivity contribution is 0.400. The van der Waals surface area contributed by atoms with E-state index in [0.717, 1.165) is 36.8 Å². The van der Waals surface area contributed by atoms with E-state index in [1.807, 2.05) is 43.3 Å². The Labute approximate surface area is 150 Å². The molecule has 5 heteroatoms. The molecule has 1 aliphatic carbocycles. The van der Waals surface area contributed by atoms with Gasteiger partial charge < -0.3 is 4.74 Å². The SMILES string of the molecule is COc1cc2c(cc1S(=O)(=O)NCC(C)c1ccccc1)CCCC2. The van der Waals surface area contributed by atoms with Gasteiger partial charge in [0.15, 0.2) is 0 Å². The van der Waals surface area contributed by atoms with E-state index in [1.165, 1.54) is 12.7 Å². The van der Waals surface area contributed by atoms with E-state index < -0.39 is 10.0 Å². The first-order valence-corrected chi connectivity index (χ1v) is 10.2. The van der Waals surface area contributed by atoms with Crippen LogP contribution in [0, 0.1) is 0 Å². The fourth-order valence-corrected chi connectivity index (χ4v) is 4.65. The summed E-state index contributed by atoms with van der Waals surface area (Å²) in [4.78, 5) is 0.246. The molecule has 2 aromatic carbocycles. The second kappa shape index (κ2) is 7.58. The molecule has 0 aliphatic heterocycles. The Morgan fingerprint density at radius 1 is 1.08 bits per heavy atom. The molecule has 0 aromatic heterocycles. The maximum Gasteiger partial charge on any atom is 0.244 e. The smallest absolute Gasteiger partial charge is 0.244 e. The van der Waals surface area contributed by atoms with Crippen LogP contribution in [0.1, 0.15) is 42.4 Å². The second-order valence-electron chi connectivity index (χ2n) is 6.64. The Hall–Kier alpha value is -1.85. The van der Waals surface area contributed by atoms with Gasteiger partial charge in [-0.2, -0.15) is 0 Å². The summed E-state index contributed by atoms with van der Waals surface area (Å²) in [5, 5.41) is 0. The van der Waals surface area contributed by atoms with Gasteiger partial charge >= 0.3 is 0 Å². The molecule has 134 valence electrons. The lowest BCUT2D eigenvalue weighted by Crippen LogP contribution is -2.28. The highest BCUT2D eigenvalue weighted by molar-refractivity contribution is 7.89. The van der Waals surface area contributed by atoms with E-state index in [1.54, 1.807) is 6.07 Å². The molecular weight excluding hydrogens is 334 g/mol. The van der Waals surface area contributed by atoms with Gasteiger partial charge in [0.2, 0.25) is 10.0 Å². The van der Waals surface area contributed by atoms with Gasteiger partial charge in [0.25, 0.3) is 0 Å². The number of benzene rings is 2. The minimum absolute atomic E-state index is 0.0968. The van der Waals surface area contributed by atoms with Crippen LogP contribution in [0.3, 0.4) is 0 Å². The fraction of sp³-hybridized carbons (Fsp3) is 0.400. The summed E-state index contributed by atoms with van der Waals surface area (Å²) in [6.45, 7) is 2.37. The van der Waals surface area contributed by atoms with Crippen molar-refractivity contribution in [2.45, 2.75) is 43.4 Å². The number of hydrogen-bond acceptors (Lipinski definition) is 3. The molecular formula is C20H25NO3S. The van der Waals surface area contributed by atoms with Crippen LogP contribution in [0.2, 0.25) is 0 Å². The summed E-state index contributed by atoms with van der Waals surface area (Å²) in [6, 6.07) is 13.6. The lowest BCUT2D eigenvalue weighted by Gasteiger charge is -2.20. The topological polar surface area (TPSA) is 55.4 Å². The highest BCUT2D eigenvalue weighted by atomic mass is 32.2. The summed E-state index contributed by atoms with van der Waals surface area (Å²) >= 11 is 0. The summed E-state index contributed by atoms with van der Waals surface area (Å²) in [5.41, 5.74) is 3.45. The maximum atomic E-state index is 12.8. The van der Waals surface area contributed by atoms with E-state index in [9.17, 15) is 8.42 Å². The van der Waals surface area contributed by atoms with Gasteiger partial charge in [-0.25, -0.2) is 13.1 Å². The predicted octanol–water partition coefficient (Wildman–Crippen LogP) is 3.66. The highest BCUT2D eigenvalue weighted by Gasteiger charge is 2.23. The van der Waals surface area contributed by atoms with Crippen LogP contribution in [0.5, 0.6) is 5.75 Å². The van der Waals surface area contributed by atoms with Gasteiger partial charge in [-0.3, -0.25) is 0 Å². The number of hydrogen-bond donors (Lipinski definition) is 1. The molecule has 0 amide bonds. The first-order valence-electron chi connectivity index (χ1n) is 8.75. The first kappa shape index (κ1) is 18.0. The summed E-state index contributed by atoms with van der Waals surface area (Å²) in [6.07, 6.45) is 4.18. The Morgan fingerprint density at radius 3 is 2.36 bits per heavy atom. The molecule has 25 heavy (non-hydrogen) atoms. The number of aryl methyl sites for hydroxylation is 2.